The lowest BCUT2D eigenvalue weighted by Gasteiger charge is -2.13. The smallest absolute Gasteiger partial charge is 0.253 e. The van der Waals surface area contributed by atoms with Gasteiger partial charge >= 0.3 is 0 Å². The Morgan fingerprint density at radius 3 is 2.00 bits per heavy atom. The van der Waals surface area contributed by atoms with Gasteiger partial charge in [0.15, 0.2) is 0 Å². The topological polar surface area (TPSA) is 142 Å². The maximum atomic E-state index is 11.6. The van der Waals surface area contributed by atoms with Gasteiger partial charge in [0.05, 0.1) is 19.6 Å². The first-order valence-electron chi connectivity index (χ1n) is 10.4. The molecule has 0 aromatic rings. The summed E-state index contributed by atoms with van der Waals surface area (Å²) in [5, 5.41) is 6.99. The fourth-order valence-corrected chi connectivity index (χ4v) is 2.36. The highest BCUT2D eigenvalue weighted by Gasteiger charge is 2.22. The van der Waals surface area contributed by atoms with Crippen molar-refractivity contribution in [1.82, 2.24) is 20.9 Å². The van der Waals surface area contributed by atoms with E-state index < -0.39 is 11.8 Å². The van der Waals surface area contributed by atoms with Gasteiger partial charge in [-0.25, -0.2) is 0 Å². The molecule has 1 aliphatic rings. The molecule has 0 unspecified atom stereocenters. The Labute approximate surface area is 193 Å². The average molecular weight is 461 g/mol. The van der Waals surface area contributed by atoms with Crippen LogP contribution in [0.1, 0.15) is 32.6 Å². The first-order valence-corrected chi connectivity index (χ1v) is 10.4. The molecule has 5 amide bonds. The van der Waals surface area contributed by atoms with E-state index >= 15 is 0 Å². The first-order chi connectivity index (χ1) is 15.7. The SMILES string of the molecule is C=C/C=C(/C)C=C.O=CCNC(=O)CNC(=O)CNC(=O)CCCCCN1C(=O)C=CC1=O. The Hall–Kier alpha value is -3.82. The molecule has 33 heavy (non-hydrogen) atoms. The molecule has 1 rings (SSSR count). The molecule has 0 atom stereocenters. The van der Waals surface area contributed by atoms with E-state index in [1.807, 2.05) is 13.0 Å². The highest BCUT2D eigenvalue weighted by Crippen LogP contribution is 2.07. The van der Waals surface area contributed by atoms with Crippen molar-refractivity contribution < 1.29 is 28.8 Å². The van der Waals surface area contributed by atoms with Crippen molar-refractivity contribution in [2.24, 2.45) is 0 Å². The molecule has 180 valence electrons. The third-order valence-electron chi connectivity index (χ3n) is 4.16. The molecular formula is C23H32N4O6. The van der Waals surface area contributed by atoms with Crippen LogP contribution in [0, 0.1) is 0 Å². The van der Waals surface area contributed by atoms with Crippen molar-refractivity contribution in [3.8, 4) is 0 Å². The lowest BCUT2D eigenvalue weighted by Crippen LogP contribution is -2.42. The third kappa shape index (κ3) is 14.8. The predicted octanol–water partition coefficient (Wildman–Crippen LogP) is 0.324. The van der Waals surface area contributed by atoms with Crippen LogP contribution < -0.4 is 16.0 Å². The summed E-state index contributed by atoms with van der Waals surface area (Å²) in [5.41, 5.74) is 1.15. The molecular weight excluding hydrogens is 428 g/mol. The largest absolute Gasteiger partial charge is 0.348 e. The Balaban J connectivity index is 0.00000126. The molecule has 1 aliphatic heterocycles. The Bertz CT molecular complexity index is 783. The van der Waals surface area contributed by atoms with Gasteiger partial charge in [-0.1, -0.05) is 43.4 Å². The van der Waals surface area contributed by atoms with Gasteiger partial charge in [-0.15, -0.1) is 0 Å². The molecule has 3 N–H and O–H groups in total. The minimum absolute atomic E-state index is 0.123. The van der Waals surface area contributed by atoms with Crippen LogP contribution in [0.3, 0.4) is 0 Å². The molecule has 1 heterocycles. The molecule has 0 spiro atoms. The van der Waals surface area contributed by atoms with Gasteiger partial charge in [0.2, 0.25) is 17.7 Å². The molecule has 0 aromatic carbocycles. The predicted molar refractivity (Wildman–Crippen MR) is 124 cm³/mol. The number of amides is 5. The maximum absolute atomic E-state index is 11.6. The summed E-state index contributed by atoms with van der Waals surface area (Å²) >= 11 is 0. The van der Waals surface area contributed by atoms with Crippen molar-refractivity contribution >= 4 is 35.8 Å². The Morgan fingerprint density at radius 2 is 1.48 bits per heavy atom. The zero-order valence-corrected chi connectivity index (χ0v) is 18.9. The van der Waals surface area contributed by atoms with Gasteiger partial charge in [-0.2, -0.15) is 0 Å². The summed E-state index contributed by atoms with van der Waals surface area (Å²) < 4.78 is 0. The number of carbonyl (C=O) groups is 6. The summed E-state index contributed by atoms with van der Waals surface area (Å²) in [4.78, 5) is 68.1. The van der Waals surface area contributed by atoms with Gasteiger partial charge in [-0.05, 0) is 19.8 Å². The van der Waals surface area contributed by atoms with E-state index in [4.69, 9.17) is 0 Å². The lowest BCUT2D eigenvalue weighted by molar-refractivity contribution is -0.137. The van der Waals surface area contributed by atoms with E-state index in [0.717, 1.165) is 10.5 Å². The molecule has 0 aliphatic carbocycles. The molecule has 0 bridgehead atoms. The van der Waals surface area contributed by atoms with E-state index in [9.17, 15) is 28.8 Å². The summed E-state index contributed by atoms with van der Waals surface area (Å²) in [6, 6.07) is 0. The molecule has 0 saturated heterocycles. The summed E-state index contributed by atoms with van der Waals surface area (Å²) in [6.07, 6.45) is 10.5. The van der Waals surface area contributed by atoms with Crippen molar-refractivity contribution in [2.45, 2.75) is 32.6 Å². The standard InChI is InChI=1S/C16H22N4O6.C7H10/c21-9-7-17-13(23)10-19-14(24)11-18-12(22)4-2-1-3-8-20-15(25)5-6-16(20)26;1-4-6-7(3)5-2/h5-6,9H,1-4,7-8,10-11H2,(H,17,23)(H,18,22)(H,19,24);4-6H,1-2H2,3H3/b;7-6-. The second kappa shape index (κ2) is 17.8. The number of rotatable bonds is 14. The van der Waals surface area contributed by atoms with Crippen LogP contribution >= 0.6 is 0 Å². The lowest BCUT2D eigenvalue weighted by atomic mass is 10.2. The maximum Gasteiger partial charge on any atom is 0.253 e. The summed E-state index contributed by atoms with van der Waals surface area (Å²) in [7, 11) is 0. The van der Waals surface area contributed by atoms with Crippen molar-refractivity contribution in [3.63, 3.8) is 0 Å². The number of hydrogen-bond donors (Lipinski definition) is 3. The van der Waals surface area contributed by atoms with Crippen molar-refractivity contribution in [1.29, 1.82) is 0 Å². The minimum Gasteiger partial charge on any atom is -0.348 e. The number of nitrogens with one attached hydrogen (secondary N) is 3. The van der Waals surface area contributed by atoms with Crippen LogP contribution in [0.5, 0.6) is 0 Å². The Kier molecular flexibility index (Phi) is 15.8. The number of allylic oxidation sites excluding steroid dienone is 4. The number of carbonyl (C=O) groups excluding carboxylic acids is 6. The van der Waals surface area contributed by atoms with Gasteiger partial charge < -0.3 is 20.7 Å². The fourth-order valence-electron chi connectivity index (χ4n) is 2.36. The van der Waals surface area contributed by atoms with Crippen LogP contribution in [0.4, 0.5) is 0 Å². The average Bonchev–Trinajstić information content (AvgIpc) is 3.12. The Morgan fingerprint density at radius 1 is 0.909 bits per heavy atom. The summed E-state index contributed by atoms with van der Waals surface area (Å²) in [6.45, 7) is 8.75. The summed E-state index contributed by atoms with van der Waals surface area (Å²) in [5.74, 6) is -1.96. The van der Waals surface area contributed by atoms with E-state index in [1.54, 1.807) is 12.2 Å². The fraction of sp³-hybridized carbons (Fsp3) is 0.391. The van der Waals surface area contributed by atoms with Crippen molar-refractivity contribution in [3.05, 3.63) is 49.1 Å². The zero-order chi connectivity index (χ0) is 25.1. The van der Waals surface area contributed by atoms with E-state index in [2.05, 4.69) is 29.1 Å². The van der Waals surface area contributed by atoms with Crippen LogP contribution in [-0.4, -0.2) is 66.9 Å². The first kappa shape index (κ1) is 29.2. The van der Waals surface area contributed by atoms with Crippen LogP contribution in [0.2, 0.25) is 0 Å². The van der Waals surface area contributed by atoms with E-state index in [1.165, 1.54) is 12.2 Å². The monoisotopic (exact) mass is 460 g/mol. The highest BCUT2D eigenvalue weighted by molar-refractivity contribution is 6.12. The second-order valence-electron chi connectivity index (χ2n) is 6.85. The molecule has 0 radical (unpaired) electrons. The van der Waals surface area contributed by atoms with Gasteiger partial charge in [0, 0.05) is 25.1 Å². The number of unbranched alkanes of at least 4 members (excludes halogenated alkanes) is 2. The van der Waals surface area contributed by atoms with E-state index in [-0.39, 0.29) is 43.8 Å². The van der Waals surface area contributed by atoms with E-state index in [0.29, 0.717) is 32.1 Å². The van der Waals surface area contributed by atoms with Crippen LogP contribution in [0.15, 0.2) is 49.1 Å². The minimum atomic E-state index is -0.516. The van der Waals surface area contributed by atoms with Crippen molar-refractivity contribution in [2.75, 3.05) is 26.2 Å². The number of aldehydes is 1. The molecule has 10 heteroatoms. The van der Waals surface area contributed by atoms with Gasteiger partial charge in [0.1, 0.15) is 6.29 Å². The number of hydrogen-bond acceptors (Lipinski definition) is 6. The normalized spacial score (nSPS) is 12.4. The second-order valence-corrected chi connectivity index (χ2v) is 6.85. The molecule has 0 fully saturated rings. The molecule has 0 saturated carbocycles. The number of imide groups is 1. The van der Waals surface area contributed by atoms with Crippen LogP contribution in [0.25, 0.3) is 0 Å². The van der Waals surface area contributed by atoms with Gasteiger partial charge in [0.25, 0.3) is 11.8 Å². The molecule has 10 nitrogen and oxygen atoms in total. The molecule has 0 aromatic heterocycles. The quantitative estimate of drug-likeness (QED) is 0.148. The number of nitrogens with zero attached hydrogens (tertiary/aromatic N) is 1. The highest BCUT2D eigenvalue weighted by atomic mass is 16.2. The van der Waals surface area contributed by atoms with Crippen LogP contribution in [-0.2, 0) is 28.8 Å². The zero-order valence-electron chi connectivity index (χ0n) is 18.9. The third-order valence-corrected chi connectivity index (χ3v) is 4.16. The van der Waals surface area contributed by atoms with Gasteiger partial charge in [-0.3, -0.25) is 28.9 Å².